The number of carbonyl (C=O) groups excluding carboxylic acids is 2. The maximum atomic E-state index is 12.7. The lowest BCUT2D eigenvalue weighted by molar-refractivity contribution is 0.0923. The lowest BCUT2D eigenvalue weighted by Gasteiger charge is -2.23. The second kappa shape index (κ2) is 10.4. The quantitative estimate of drug-likeness (QED) is 0.445. The molecular formula is C24H25ClN6O2. The van der Waals surface area contributed by atoms with Gasteiger partial charge >= 0.3 is 0 Å². The second-order valence-electron chi connectivity index (χ2n) is 7.86. The van der Waals surface area contributed by atoms with E-state index in [-0.39, 0.29) is 29.4 Å². The van der Waals surface area contributed by atoms with E-state index in [0.717, 1.165) is 24.9 Å². The van der Waals surface area contributed by atoms with E-state index in [1.165, 1.54) is 6.20 Å². The van der Waals surface area contributed by atoms with Gasteiger partial charge in [0.1, 0.15) is 0 Å². The molecule has 9 heteroatoms. The number of piperidine rings is 1. The molecule has 0 bridgehead atoms. The van der Waals surface area contributed by atoms with Crippen LogP contribution in [0.5, 0.6) is 0 Å². The van der Waals surface area contributed by atoms with Gasteiger partial charge in [0.25, 0.3) is 11.8 Å². The molecule has 2 aromatic carbocycles. The lowest BCUT2D eigenvalue weighted by atomic mass is 10.1. The number of nitrogens with zero attached hydrogens (tertiary/aromatic N) is 2. The number of nitrogens with one attached hydrogen (secondary N) is 3. The first-order chi connectivity index (χ1) is 16.0. The average Bonchev–Trinajstić information content (AvgIpc) is 2.84. The van der Waals surface area contributed by atoms with Crippen LogP contribution in [0.3, 0.4) is 0 Å². The van der Waals surface area contributed by atoms with Gasteiger partial charge in [-0.15, -0.1) is 0 Å². The summed E-state index contributed by atoms with van der Waals surface area (Å²) in [5.41, 5.74) is 8.41. The molecule has 1 fully saturated rings. The Morgan fingerprint density at radius 1 is 1.15 bits per heavy atom. The third-order valence-corrected chi connectivity index (χ3v) is 5.83. The normalized spacial score (nSPS) is 15.6. The summed E-state index contributed by atoms with van der Waals surface area (Å²) < 4.78 is 0. The zero-order valence-electron chi connectivity index (χ0n) is 18.0. The second-order valence-corrected chi connectivity index (χ2v) is 8.27. The Bertz CT molecular complexity index is 1160. The van der Waals surface area contributed by atoms with Gasteiger partial charge in [-0.1, -0.05) is 41.9 Å². The van der Waals surface area contributed by atoms with Gasteiger partial charge in [0.05, 0.1) is 11.9 Å². The van der Waals surface area contributed by atoms with E-state index in [4.69, 9.17) is 17.3 Å². The number of aromatic nitrogens is 2. The number of anilines is 1. The number of nitrogen functional groups attached to an aromatic ring is 1. The summed E-state index contributed by atoms with van der Waals surface area (Å²) in [6.07, 6.45) is 3.39. The van der Waals surface area contributed by atoms with Gasteiger partial charge in [-0.05, 0) is 43.1 Å². The Kier molecular flexibility index (Phi) is 7.16. The maximum Gasteiger partial charge on any atom is 0.274 e. The van der Waals surface area contributed by atoms with Crippen molar-refractivity contribution in [3.05, 3.63) is 76.6 Å². The lowest BCUT2D eigenvalue weighted by Crippen LogP contribution is -2.46. The van der Waals surface area contributed by atoms with Crippen LogP contribution in [0.2, 0.25) is 5.02 Å². The molecule has 1 unspecified atom stereocenters. The van der Waals surface area contributed by atoms with Crippen LogP contribution in [-0.2, 0) is 6.54 Å². The topological polar surface area (TPSA) is 122 Å². The van der Waals surface area contributed by atoms with Gasteiger partial charge in [-0.2, -0.15) is 0 Å². The Morgan fingerprint density at radius 2 is 2.00 bits per heavy atom. The van der Waals surface area contributed by atoms with Crippen LogP contribution in [0, 0.1) is 0 Å². The Morgan fingerprint density at radius 3 is 2.79 bits per heavy atom. The van der Waals surface area contributed by atoms with Gasteiger partial charge < -0.3 is 21.7 Å². The number of carbonyl (C=O) groups is 2. The van der Waals surface area contributed by atoms with E-state index in [1.807, 2.05) is 18.2 Å². The smallest absolute Gasteiger partial charge is 0.274 e. The van der Waals surface area contributed by atoms with E-state index < -0.39 is 0 Å². The molecule has 170 valence electrons. The van der Waals surface area contributed by atoms with Gasteiger partial charge in [0.15, 0.2) is 11.5 Å². The highest BCUT2D eigenvalue weighted by atomic mass is 35.5. The third kappa shape index (κ3) is 5.66. The van der Waals surface area contributed by atoms with Crippen molar-refractivity contribution < 1.29 is 9.59 Å². The van der Waals surface area contributed by atoms with Crippen molar-refractivity contribution in [3.63, 3.8) is 0 Å². The number of benzene rings is 2. The van der Waals surface area contributed by atoms with Crippen LogP contribution >= 0.6 is 11.6 Å². The minimum absolute atomic E-state index is 0.0289. The molecule has 33 heavy (non-hydrogen) atoms. The number of hydrogen-bond acceptors (Lipinski definition) is 6. The predicted molar refractivity (Wildman–Crippen MR) is 128 cm³/mol. The number of rotatable bonds is 6. The van der Waals surface area contributed by atoms with Crippen molar-refractivity contribution in [1.82, 2.24) is 25.9 Å². The molecule has 3 aromatic rings. The molecule has 2 heterocycles. The first-order valence-corrected chi connectivity index (χ1v) is 11.1. The molecule has 8 nitrogen and oxygen atoms in total. The van der Waals surface area contributed by atoms with E-state index in [0.29, 0.717) is 34.9 Å². The Labute approximate surface area is 197 Å². The van der Waals surface area contributed by atoms with Crippen LogP contribution < -0.4 is 21.7 Å². The third-order valence-electron chi connectivity index (χ3n) is 5.47. The van der Waals surface area contributed by atoms with Crippen LogP contribution in [0.15, 0.2) is 54.7 Å². The fraction of sp³-hybridized carbons (Fsp3) is 0.250. The fourth-order valence-corrected chi connectivity index (χ4v) is 3.88. The van der Waals surface area contributed by atoms with Crippen molar-refractivity contribution in [1.29, 1.82) is 0 Å². The van der Waals surface area contributed by atoms with E-state index in [9.17, 15) is 9.59 Å². The highest BCUT2D eigenvalue weighted by molar-refractivity contribution is 6.31. The summed E-state index contributed by atoms with van der Waals surface area (Å²) in [6.45, 7) is 1.97. The van der Waals surface area contributed by atoms with Crippen LogP contribution in [0.1, 0.15) is 39.3 Å². The van der Waals surface area contributed by atoms with Crippen molar-refractivity contribution in [2.45, 2.75) is 25.4 Å². The fourth-order valence-electron chi connectivity index (χ4n) is 3.67. The van der Waals surface area contributed by atoms with Crippen molar-refractivity contribution >= 4 is 29.2 Å². The van der Waals surface area contributed by atoms with Crippen molar-refractivity contribution in [3.8, 4) is 11.3 Å². The average molecular weight is 465 g/mol. The molecule has 0 saturated carbocycles. The number of halogens is 1. The molecule has 0 aliphatic carbocycles. The monoisotopic (exact) mass is 464 g/mol. The molecule has 2 amide bonds. The number of hydrogen-bond donors (Lipinski definition) is 4. The molecule has 4 rings (SSSR count). The van der Waals surface area contributed by atoms with Crippen LogP contribution in [0.25, 0.3) is 11.3 Å². The Balaban J connectivity index is 1.49. The van der Waals surface area contributed by atoms with E-state index in [2.05, 4.69) is 25.9 Å². The summed E-state index contributed by atoms with van der Waals surface area (Å²) in [5.74, 6) is -0.541. The molecule has 5 N–H and O–H groups in total. The van der Waals surface area contributed by atoms with Crippen molar-refractivity contribution in [2.75, 3.05) is 18.8 Å². The standard InChI is InChI=1S/C24H25ClN6O2/c25-19-9-2-1-5-17(19)12-29-23(32)16-7-3-6-15(11-16)20-14-28-22(26)21(31-20)24(33)30-18-8-4-10-27-13-18/h1-3,5-7,9,11,14,18,27H,4,8,10,12-13H2,(H2,26,28)(H,29,32)(H,30,33). The molecular weight excluding hydrogens is 440 g/mol. The van der Waals surface area contributed by atoms with E-state index >= 15 is 0 Å². The summed E-state index contributed by atoms with van der Waals surface area (Å²) in [5, 5.41) is 9.68. The van der Waals surface area contributed by atoms with E-state index in [1.54, 1.807) is 30.3 Å². The van der Waals surface area contributed by atoms with Crippen molar-refractivity contribution in [2.24, 2.45) is 0 Å². The molecule has 1 saturated heterocycles. The maximum absolute atomic E-state index is 12.7. The Hall–Kier alpha value is -3.49. The zero-order chi connectivity index (χ0) is 23.2. The SMILES string of the molecule is Nc1ncc(-c2cccc(C(=O)NCc3ccccc3Cl)c2)nc1C(=O)NC1CCCNC1. The summed E-state index contributed by atoms with van der Waals surface area (Å²) in [4.78, 5) is 34.0. The molecule has 0 radical (unpaired) electrons. The highest BCUT2D eigenvalue weighted by Crippen LogP contribution is 2.21. The minimum Gasteiger partial charge on any atom is -0.382 e. The van der Waals surface area contributed by atoms with Gasteiger partial charge in [-0.3, -0.25) is 9.59 Å². The highest BCUT2D eigenvalue weighted by Gasteiger charge is 2.20. The zero-order valence-corrected chi connectivity index (χ0v) is 18.7. The predicted octanol–water partition coefficient (Wildman–Crippen LogP) is 2.79. The number of amides is 2. The first kappa shape index (κ1) is 22.7. The van der Waals surface area contributed by atoms with Gasteiger partial charge in [0, 0.05) is 35.3 Å². The summed E-state index contributed by atoms with van der Waals surface area (Å²) in [6, 6.07) is 14.3. The minimum atomic E-state index is -0.357. The van der Waals surface area contributed by atoms with Crippen LogP contribution in [-0.4, -0.2) is 40.9 Å². The molecule has 0 spiro atoms. The molecule has 1 atom stereocenters. The molecule has 1 aromatic heterocycles. The van der Waals surface area contributed by atoms with Gasteiger partial charge in [0.2, 0.25) is 0 Å². The number of nitrogens with two attached hydrogens (primary N) is 1. The summed E-state index contributed by atoms with van der Waals surface area (Å²) in [7, 11) is 0. The molecule has 1 aliphatic rings. The largest absolute Gasteiger partial charge is 0.382 e. The first-order valence-electron chi connectivity index (χ1n) is 10.8. The van der Waals surface area contributed by atoms with Gasteiger partial charge in [-0.25, -0.2) is 9.97 Å². The van der Waals surface area contributed by atoms with Crippen LogP contribution in [0.4, 0.5) is 5.82 Å². The summed E-state index contributed by atoms with van der Waals surface area (Å²) >= 11 is 6.16. The molecule has 1 aliphatic heterocycles.